The van der Waals surface area contributed by atoms with Crippen molar-refractivity contribution in [1.29, 1.82) is 0 Å². The molecule has 1 aliphatic rings. The number of likely N-dealkylation sites (N-methyl/N-ethyl adjacent to an activating group) is 1. The summed E-state index contributed by atoms with van der Waals surface area (Å²) >= 11 is 0. The van der Waals surface area contributed by atoms with Gasteiger partial charge in [0.15, 0.2) is 0 Å². The van der Waals surface area contributed by atoms with Gasteiger partial charge in [0.1, 0.15) is 6.04 Å². The van der Waals surface area contributed by atoms with Crippen molar-refractivity contribution in [1.82, 2.24) is 20.4 Å². The van der Waals surface area contributed by atoms with E-state index in [1.165, 1.54) is 0 Å². The molecule has 116 valence electrons. The predicted molar refractivity (Wildman–Crippen MR) is 79.5 cm³/mol. The van der Waals surface area contributed by atoms with Crippen LogP contribution in [0.15, 0.2) is 0 Å². The highest BCUT2D eigenvalue weighted by molar-refractivity contribution is 5.83. The molecule has 20 heavy (non-hydrogen) atoms. The lowest BCUT2D eigenvalue weighted by Crippen LogP contribution is -2.59. The van der Waals surface area contributed by atoms with Gasteiger partial charge < -0.3 is 15.5 Å². The van der Waals surface area contributed by atoms with E-state index in [2.05, 4.69) is 24.5 Å². The SMILES string of the molecule is CCCN(CCC)C(=O)CN1CCNCC1C(=O)NC. The van der Waals surface area contributed by atoms with Crippen LogP contribution in [-0.4, -0.2) is 74.0 Å². The molecule has 0 bridgehead atoms. The molecule has 0 aromatic rings. The molecule has 2 amide bonds. The van der Waals surface area contributed by atoms with Crippen molar-refractivity contribution < 1.29 is 9.59 Å². The fourth-order valence-electron chi connectivity index (χ4n) is 2.54. The maximum Gasteiger partial charge on any atom is 0.238 e. The van der Waals surface area contributed by atoms with Gasteiger partial charge in [0, 0.05) is 39.8 Å². The first kappa shape index (κ1) is 16.9. The summed E-state index contributed by atoms with van der Waals surface area (Å²) in [6.07, 6.45) is 1.93. The molecule has 1 fully saturated rings. The van der Waals surface area contributed by atoms with E-state index in [0.717, 1.165) is 39.0 Å². The molecule has 0 radical (unpaired) electrons. The molecule has 6 heteroatoms. The molecule has 0 spiro atoms. The van der Waals surface area contributed by atoms with Gasteiger partial charge in [0.2, 0.25) is 11.8 Å². The number of hydrogen-bond acceptors (Lipinski definition) is 4. The Hall–Kier alpha value is -1.14. The van der Waals surface area contributed by atoms with Crippen LogP contribution in [0, 0.1) is 0 Å². The monoisotopic (exact) mass is 284 g/mol. The Morgan fingerprint density at radius 3 is 2.50 bits per heavy atom. The second-order valence-electron chi connectivity index (χ2n) is 5.19. The minimum absolute atomic E-state index is 0.0254. The Labute approximate surface area is 121 Å². The third-order valence-electron chi connectivity index (χ3n) is 3.58. The van der Waals surface area contributed by atoms with Crippen LogP contribution in [0.1, 0.15) is 26.7 Å². The van der Waals surface area contributed by atoms with E-state index in [1.807, 2.05) is 9.80 Å². The van der Waals surface area contributed by atoms with Gasteiger partial charge in [0.25, 0.3) is 0 Å². The van der Waals surface area contributed by atoms with E-state index >= 15 is 0 Å². The van der Waals surface area contributed by atoms with Crippen molar-refractivity contribution in [3.63, 3.8) is 0 Å². The van der Waals surface area contributed by atoms with E-state index in [1.54, 1.807) is 7.05 Å². The molecule has 1 heterocycles. The van der Waals surface area contributed by atoms with Crippen molar-refractivity contribution in [2.75, 3.05) is 46.3 Å². The first-order chi connectivity index (χ1) is 9.63. The van der Waals surface area contributed by atoms with E-state index < -0.39 is 0 Å². The number of carbonyl (C=O) groups is 2. The molecule has 0 aromatic carbocycles. The highest BCUT2D eigenvalue weighted by Crippen LogP contribution is 2.05. The summed E-state index contributed by atoms with van der Waals surface area (Å²) in [4.78, 5) is 28.1. The van der Waals surface area contributed by atoms with Gasteiger partial charge >= 0.3 is 0 Å². The first-order valence-corrected chi connectivity index (χ1v) is 7.58. The molecule has 2 N–H and O–H groups in total. The van der Waals surface area contributed by atoms with Crippen LogP contribution in [0.2, 0.25) is 0 Å². The number of hydrogen-bond donors (Lipinski definition) is 2. The van der Waals surface area contributed by atoms with Crippen molar-refractivity contribution in [3.8, 4) is 0 Å². The Balaban J connectivity index is 2.62. The molecule has 1 atom stereocenters. The van der Waals surface area contributed by atoms with Crippen LogP contribution >= 0.6 is 0 Å². The normalized spacial score (nSPS) is 19.6. The molecule has 0 aromatic heterocycles. The van der Waals surface area contributed by atoms with E-state index in [-0.39, 0.29) is 17.9 Å². The minimum atomic E-state index is -0.247. The van der Waals surface area contributed by atoms with Crippen molar-refractivity contribution >= 4 is 11.8 Å². The predicted octanol–water partition coefficient (Wildman–Crippen LogP) is -0.345. The number of piperazine rings is 1. The van der Waals surface area contributed by atoms with Gasteiger partial charge in [-0.15, -0.1) is 0 Å². The van der Waals surface area contributed by atoms with Gasteiger partial charge in [0.05, 0.1) is 6.54 Å². The lowest BCUT2D eigenvalue weighted by molar-refractivity contribution is -0.135. The van der Waals surface area contributed by atoms with Crippen LogP contribution in [0.5, 0.6) is 0 Å². The summed E-state index contributed by atoms with van der Waals surface area (Å²) in [5, 5.41) is 5.88. The third kappa shape index (κ3) is 4.76. The van der Waals surface area contributed by atoms with Crippen LogP contribution < -0.4 is 10.6 Å². The quantitative estimate of drug-likeness (QED) is 0.671. The molecule has 0 saturated carbocycles. The fourth-order valence-corrected chi connectivity index (χ4v) is 2.54. The Morgan fingerprint density at radius 1 is 1.30 bits per heavy atom. The molecule has 1 aliphatic heterocycles. The van der Waals surface area contributed by atoms with Gasteiger partial charge in [-0.1, -0.05) is 13.8 Å². The summed E-state index contributed by atoms with van der Waals surface area (Å²) in [5.41, 5.74) is 0. The highest BCUT2D eigenvalue weighted by Gasteiger charge is 2.30. The van der Waals surface area contributed by atoms with Crippen molar-refractivity contribution in [3.05, 3.63) is 0 Å². The summed E-state index contributed by atoms with van der Waals surface area (Å²) < 4.78 is 0. The van der Waals surface area contributed by atoms with Gasteiger partial charge in [-0.05, 0) is 12.8 Å². The molecule has 6 nitrogen and oxygen atoms in total. The summed E-state index contributed by atoms with van der Waals surface area (Å²) in [6, 6.07) is -0.247. The zero-order chi connectivity index (χ0) is 15.0. The van der Waals surface area contributed by atoms with Crippen LogP contribution in [0.25, 0.3) is 0 Å². The second kappa shape index (κ2) is 8.92. The maximum absolute atomic E-state index is 12.4. The lowest BCUT2D eigenvalue weighted by Gasteiger charge is -2.35. The van der Waals surface area contributed by atoms with Gasteiger partial charge in [-0.3, -0.25) is 14.5 Å². The highest BCUT2D eigenvalue weighted by atomic mass is 16.2. The maximum atomic E-state index is 12.4. The average molecular weight is 284 g/mol. The second-order valence-corrected chi connectivity index (χ2v) is 5.19. The van der Waals surface area contributed by atoms with Crippen LogP contribution in [-0.2, 0) is 9.59 Å². The number of amides is 2. The van der Waals surface area contributed by atoms with Crippen LogP contribution in [0.4, 0.5) is 0 Å². The Bertz CT molecular complexity index is 316. The average Bonchev–Trinajstić information content (AvgIpc) is 2.46. The standard InChI is InChI=1S/C14H28N4O2/c1-4-7-17(8-5-2)13(19)11-18-9-6-16-10-12(18)14(20)15-3/h12,16H,4-11H2,1-3H3,(H,15,20). The lowest BCUT2D eigenvalue weighted by atomic mass is 10.1. The largest absolute Gasteiger partial charge is 0.358 e. The zero-order valence-corrected chi connectivity index (χ0v) is 12.9. The van der Waals surface area contributed by atoms with E-state index in [9.17, 15) is 9.59 Å². The molecular weight excluding hydrogens is 256 g/mol. The fraction of sp³-hybridized carbons (Fsp3) is 0.857. The molecule has 1 rings (SSSR count). The number of rotatable bonds is 7. The summed E-state index contributed by atoms with van der Waals surface area (Å²) in [7, 11) is 1.64. The molecule has 1 saturated heterocycles. The number of nitrogens with zero attached hydrogens (tertiary/aromatic N) is 2. The summed E-state index contributed by atoms with van der Waals surface area (Å²) in [5.74, 6) is 0.104. The Morgan fingerprint density at radius 2 is 1.95 bits per heavy atom. The first-order valence-electron chi connectivity index (χ1n) is 7.58. The number of nitrogens with one attached hydrogen (secondary N) is 2. The summed E-state index contributed by atoms with van der Waals surface area (Å²) in [6.45, 7) is 8.24. The molecule has 0 aliphatic carbocycles. The molecular formula is C14H28N4O2. The van der Waals surface area contributed by atoms with Crippen molar-refractivity contribution in [2.24, 2.45) is 0 Å². The van der Waals surface area contributed by atoms with Crippen molar-refractivity contribution in [2.45, 2.75) is 32.7 Å². The van der Waals surface area contributed by atoms with Gasteiger partial charge in [-0.25, -0.2) is 0 Å². The van der Waals surface area contributed by atoms with E-state index in [0.29, 0.717) is 13.1 Å². The Kier molecular flexibility index (Phi) is 7.54. The zero-order valence-electron chi connectivity index (χ0n) is 12.9. The third-order valence-corrected chi connectivity index (χ3v) is 3.58. The minimum Gasteiger partial charge on any atom is -0.358 e. The molecule has 1 unspecified atom stereocenters. The topological polar surface area (TPSA) is 64.7 Å². The number of carbonyl (C=O) groups excluding carboxylic acids is 2. The smallest absolute Gasteiger partial charge is 0.238 e. The van der Waals surface area contributed by atoms with E-state index in [4.69, 9.17) is 0 Å². The van der Waals surface area contributed by atoms with Gasteiger partial charge in [-0.2, -0.15) is 0 Å². The van der Waals surface area contributed by atoms with Crippen LogP contribution in [0.3, 0.4) is 0 Å².